The Kier molecular flexibility index (Phi) is 3.30. The Bertz CT molecular complexity index is 654. The molecule has 1 saturated carbocycles. The highest BCUT2D eigenvalue weighted by Gasteiger charge is 2.29. The minimum Gasteiger partial charge on any atom is -0.338 e. The van der Waals surface area contributed by atoms with Crippen molar-refractivity contribution in [1.29, 1.82) is 0 Å². The molecule has 6 heteroatoms. The molecule has 0 radical (unpaired) electrons. The Morgan fingerprint density at radius 2 is 2.05 bits per heavy atom. The molecule has 1 fully saturated rings. The van der Waals surface area contributed by atoms with Gasteiger partial charge in [0.1, 0.15) is 5.78 Å². The third-order valence-electron chi connectivity index (χ3n) is 3.47. The van der Waals surface area contributed by atoms with Crippen LogP contribution in [0.3, 0.4) is 0 Å². The second-order valence-corrected chi connectivity index (χ2v) is 4.85. The first-order valence-electron chi connectivity index (χ1n) is 6.47. The SMILES string of the molecule is O=C1CCCCC1c1nc(-c2ccc(F)c(F)c2)no1. The van der Waals surface area contributed by atoms with Gasteiger partial charge in [-0.1, -0.05) is 11.6 Å². The molecule has 3 rings (SSSR count). The van der Waals surface area contributed by atoms with Gasteiger partial charge in [-0.2, -0.15) is 4.98 Å². The maximum atomic E-state index is 13.2. The van der Waals surface area contributed by atoms with Crippen LogP contribution < -0.4 is 0 Å². The fraction of sp³-hybridized carbons (Fsp3) is 0.357. The molecule has 1 atom stereocenters. The molecule has 0 amide bonds. The number of carbonyl (C=O) groups excluding carboxylic acids is 1. The van der Waals surface area contributed by atoms with Crippen LogP contribution >= 0.6 is 0 Å². The number of hydrogen-bond acceptors (Lipinski definition) is 4. The molecule has 104 valence electrons. The zero-order valence-electron chi connectivity index (χ0n) is 10.6. The van der Waals surface area contributed by atoms with E-state index in [2.05, 4.69) is 10.1 Å². The lowest BCUT2D eigenvalue weighted by Crippen LogP contribution is -2.17. The normalized spacial score (nSPS) is 19.3. The Hall–Kier alpha value is -2.11. The molecule has 0 aliphatic heterocycles. The van der Waals surface area contributed by atoms with Crippen molar-refractivity contribution in [2.75, 3.05) is 0 Å². The smallest absolute Gasteiger partial charge is 0.237 e. The summed E-state index contributed by atoms with van der Waals surface area (Å²) in [6, 6.07) is 3.38. The summed E-state index contributed by atoms with van der Waals surface area (Å²) in [7, 11) is 0. The van der Waals surface area contributed by atoms with E-state index >= 15 is 0 Å². The predicted octanol–water partition coefficient (Wildman–Crippen LogP) is 3.24. The zero-order chi connectivity index (χ0) is 14.1. The second-order valence-electron chi connectivity index (χ2n) is 4.85. The van der Waals surface area contributed by atoms with Crippen LogP contribution in [0.1, 0.15) is 37.5 Å². The summed E-state index contributed by atoms with van der Waals surface area (Å²) in [6.45, 7) is 0. The van der Waals surface area contributed by atoms with Crippen molar-refractivity contribution in [2.45, 2.75) is 31.6 Å². The molecule has 2 aromatic rings. The van der Waals surface area contributed by atoms with Crippen LogP contribution in [-0.4, -0.2) is 15.9 Å². The van der Waals surface area contributed by atoms with E-state index in [1.165, 1.54) is 6.07 Å². The lowest BCUT2D eigenvalue weighted by atomic mass is 9.88. The average Bonchev–Trinajstić information content (AvgIpc) is 2.92. The standard InChI is InChI=1S/C14H12F2N2O2/c15-10-6-5-8(7-11(10)16)13-17-14(20-18-13)9-3-1-2-4-12(9)19/h5-7,9H,1-4H2. The van der Waals surface area contributed by atoms with E-state index in [0.29, 0.717) is 18.4 Å². The molecule has 1 aromatic heterocycles. The quantitative estimate of drug-likeness (QED) is 0.846. The number of benzene rings is 1. The Balaban J connectivity index is 1.89. The van der Waals surface area contributed by atoms with Gasteiger partial charge in [0.15, 0.2) is 11.6 Å². The number of aromatic nitrogens is 2. The van der Waals surface area contributed by atoms with Crippen LogP contribution in [0.25, 0.3) is 11.4 Å². The summed E-state index contributed by atoms with van der Waals surface area (Å²) in [5.41, 5.74) is 0.321. The van der Waals surface area contributed by atoms with Crippen molar-refractivity contribution < 1.29 is 18.1 Å². The van der Waals surface area contributed by atoms with E-state index < -0.39 is 11.6 Å². The van der Waals surface area contributed by atoms with Crippen LogP contribution in [0.4, 0.5) is 8.78 Å². The van der Waals surface area contributed by atoms with Crippen LogP contribution in [-0.2, 0) is 4.79 Å². The third-order valence-corrected chi connectivity index (χ3v) is 3.47. The van der Waals surface area contributed by atoms with Crippen LogP contribution in [0, 0.1) is 11.6 Å². The van der Waals surface area contributed by atoms with Crippen LogP contribution in [0.15, 0.2) is 22.7 Å². The van der Waals surface area contributed by atoms with Gasteiger partial charge in [-0.25, -0.2) is 8.78 Å². The molecule has 1 heterocycles. The van der Waals surface area contributed by atoms with E-state index in [1.807, 2.05) is 0 Å². The van der Waals surface area contributed by atoms with Crippen molar-refractivity contribution >= 4 is 5.78 Å². The van der Waals surface area contributed by atoms with Gasteiger partial charge in [0.2, 0.25) is 11.7 Å². The third kappa shape index (κ3) is 2.33. The summed E-state index contributed by atoms with van der Waals surface area (Å²) in [5, 5.41) is 3.74. The van der Waals surface area contributed by atoms with Crippen molar-refractivity contribution in [2.24, 2.45) is 0 Å². The Morgan fingerprint density at radius 1 is 1.20 bits per heavy atom. The molecule has 0 bridgehead atoms. The van der Waals surface area contributed by atoms with Gasteiger partial charge in [0.25, 0.3) is 0 Å². The van der Waals surface area contributed by atoms with Crippen molar-refractivity contribution in [3.05, 3.63) is 35.7 Å². The monoisotopic (exact) mass is 278 g/mol. The molecule has 1 aliphatic rings. The number of halogens is 2. The molecule has 0 saturated heterocycles. The molecular formula is C14H12F2N2O2. The van der Waals surface area contributed by atoms with Crippen molar-refractivity contribution in [3.8, 4) is 11.4 Å². The molecule has 1 aliphatic carbocycles. The minimum absolute atomic E-state index is 0.0942. The van der Waals surface area contributed by atoms with E-state index in [4.69, 9.17) is 4.52 Å². The summed E-state index contributed by atoms with van der Waals surface area (Å²) < 4.78 is 31.2. The molecule has 1 aromatic carbocycles. The number of nitrogens with zero attached hydrogens (tertiary/aromatic N) is 2. The lowest BCUT2D eigenvalue weighted by molar-refractivity contribution is -0.122. The maximum absolute atomic E-state index is 13.2. The van der Waals surface area contributed by atoms with Gasteiger partial charge in [0.05, 0.1) is 5.92 Å². The zero-order valence-corrected chi connectivity index (χ0v) is 10.6. The number of carbonyl (C=O) groups is 1. The number of rotatable bonds is 2. The van der Waals surface area contributed by atoms with E-state index in [9.17, 15) is 13.6 Å². The van der Waals surface area contributed by atoms with Gasteiger partial charge in [-0.3, -0.25) is 4.79 Å². The first kappa shape index (κ1) is 12.9. The van der Waals surface area contributed by atoms with Gasteiger partial charge >= 0.3 is 0 Å². The highest BCUT2D eigenvalue weighted by Crippen LogP contribution is 2.30. The molecule has 20 heavy (non-hydrogen) atoms. The van der Waals surface area contributed by atoms with Gasteiger partial charge in [-0.15, -0.1) is 0 Å². The maximum Gasteiger partial charge on any atom is 0.237 e. The molecular weight excluding hydrogens is 266 g/mol. The van der Waals surface area contributed by atoms with Crippen LogP contribution in [0.2, 0.25) is 0 Å². The van der Waals surface area contributed by atoms with Crippen molar-refractivity contribution in [3.63, 3.8) is 0 Å². The predicted molar refractivity (Wildman–Crippen MR) is 65.9 cm³/mol. The number of hydrogen-bond donors (Lipinski definition) is 0. The second kappa shape index (κ2) is 5.11. The average molecular weight is 278 g/mol. The molecule has 1 unspecified atom stereocenters. The van der Waals surface area contributed by atoms with Gasteiger partial charge in [0, 0.05) is 12.0 Å². The first-order valence-corrected chi connectivity index (χ1v) is 6.47. The largest absolute Gasteiger partial charge is 0.338 e. The minimum atomic E-state index is -0.970. The molecule has 0 N–H and O–H groups in total. The van der Waals surface area contributed by atoms with Gasteiger partial charge in [-0.05, 0) is 31.0 Å². The fourth-order valence-electron chi connectivity index (χ4n) is 2.37. The fourth-order valence-corrected chi connectivity index (χ4v) is 2.37. The Morgan fingerprint density at radius 3 is 2.80 bits per heavy atom. The summed E-state index contributed by atoms with van der Waals surface area (Å²) in [4.78, 5) is 15.9. The number of Topliss-reactive ketones (excluding diaryl/α,β-unsaturated/α-hetero) is 1. The number of ketones is 1. The summed E-state index contributed by atoms with van der Waals surface area (Å²) in [6.07, 6.45) is 3.05. The highest BCUT2D eigenvalue weighted by molar-refractivity contribution is 5.85. The van der Waals surface area contributed by atoms with Gasteiger partial charge < -0.3 is 4.52 Å². The summed E-state index contributed by atoms with van der Waals surface area (Å²) >= 11 is 0. The van der Waals surface area contributed by atoms with Crippen molar-refractivity contribution in [1.82, 2.24) is 10.1 Å². The highest BCUT2D eigenvalue weighted by atomic mass is 19.2. The summed E-state index contributed by atoms with van der Waals surface area (Å²) in [5.74, 6) is -1.75. The van der Waals surface area contributed by atoms with E-state index in [1.54, 1.807) is 0 Å². The molecule has 0 spiro atoms. The van der Waals surface area contributed by atoms with E-state index in [0.717, 1.165) is 25.0 Å². The lowest BCUT2D eigenvalue weighted by Gasteiger charge is -2.16. The van der Waals surface area contributed by atoms with Crippen LogP contribution in [0.5, 0.6) is 0 Å². The molecule has 4 nitrogen and oxygen atoms in total. The first-order chi connectivity index (χ1) is 9.65. The topological polar surface area (TPSA) is 56.0 Å². The van der Waals surface area contributed by atoms with E-state index in [-0.39, 0.29) is 23.4 Å². The Labute approximate surface area is 113 Å².